The first-order valence-corrected chi connectivity index (χ1v) is 4.87. The highest BCUT2D eigenvalue weighted by Crippen LogP contribution is 2.24. The van der Waals surface area contributed by atoms with Crippen LogP contribution in [0.1, 0.15) is 5.56 Å². The Morgan fingerprint density at radius 2 is 1.80 bits per heavy atom. The first-order valence-electron chi connectivity index (χ1n) is 4.87. The normalized spacial score (nSPS) is 11.3. The number of hydrogen-bond donors (Lipinski definition) is 2. The molecular formula is C13H13NO. The lowest BCUT2D eigenvalue weighted by molar-refractivity contribution is 0.343. The molecule has 0 aliphatic heterocycles. The molecule has 2 nitrogen and oxygen atoms in total. The molecule has 76 valence electrons. The number of benzene rings is 2. The third-order valence-electron chi connectivity index (χ3n) is 2.39. The minimum atomic E-state index is 0.0543. The molecule has 2 aromatic rings. The van der Waals surface area contributed by atoms with Gasteiger partial charge in [-0.15, -0.1) is 0 Å². The number of anilines is 1. The number of aliphatic hydroxyl groups is 1. The lowest BCUT2D eigenvalue weighted by atomic mass is 10.0. The van der Waals surface area contributed by atoms with Gasteiger partial charge in [0.2, 0.25) is 0 Å². The molecule has 3 N–H and O–H groups in total. The van der Waals surface area contributed by atoms with E-state index in [4.69, 9.17) is 10.8 Å². The van der Waals surface area contributed by atoms with Gasteiger partial charge in [-0.05, 0) is 17.0 Å². The number of fused-ring (bicyclic) bond motifs is 1. The Bertz CT molecular complexity index is 503. The van der Waals surface area contributed by atoms with Crippen molar-refractivity contribution < 1.29 is 5.11 Å². The maximum atomic E-state index is 8.74. The van der Waals surface area contributed by atoms with Crippen LogP contribution in [0, 0.1) is 0 Å². The van der Waals surface area contributed by atoms with Crippen molar-refractivity contribution in [1.82, 2.24) is 0 Å². The van der Waals surface area contributed by atoms with Crippen LogP contribution in [-0.2, 0) is 0 Å². The van der Waals surface area contributed by atoms with Crippen LogP contribution >= 0.6 is 0 Å². The van der Waals surface area contributed by atoms with E-state index < -0.39 is 0 Å². The fourth-order valence-electron chi connectivity index (χ4n) is 1.68. The predicted molar refractivity (Wildman–Crippen MR) is 64.5 cm³/mol. The lowest BCUT2D eigenvalue weighted by Gasteiger charge is -2.04. The smallest absolute Gasteiger partial charge is 0.0615 e. The average Bonchev–Trinajstić information content (AvgIpc) is 2.27. The molecule has 15 heavy (non-hydrogen) atoms. The average molecular weight is 199 g/mol. The van der Waals surface area contributed by atoms with Crippen LogP contribution in [0.4, 0.5) is 5.69 Å². The Morgan fingerprint density at radius 3 is 2.60 bits per heavy atom. The van der Waals surface area contributed by atoms with Gasteiger partial charge in [-0.25, -0.2) is 0 Å². The Balaban J connectivity index is 2.66. The summed E-state index contributed by atoms with van der Waals surface area (Å²) in [7, 11) is 0. The second kappa shape index (κ2) is 4.15. The van der Waals surface area contributed by atoms with Crippen molar-refractivity contribution in [2.45, 2.75) is 0 Å². The van der Waals surface area contributed by atoms with Crippen LogP contribution in [0.3, 0.4) is 0 Å². The molecule has 2 rings (SSSR count). The molecule has 0 amide bonds. The molecule has 0 bridgehead atoms. The monoisotopic (exact) mass is 199 g/mol. The zero-order valence-corrected chi connectivity index (χ0v) is 8.35. The fraction of sp³-hybridized carbons (Fsp3) is 0.0769. The van der Waals surface area contributed by atoms with Gasteiger partial charge in [-0.1, -0.05) is 42.5 Å². The highest BCUT2D eigenvalue weighted by atomic mass is 16.2. The Hall–Kier alpha value is -1.80. The van der Waals surface area contributed by atoms with Crippen molar-refractivity contribution in [3.05, 3.63) is 48.0 Å². The van der Waals surface area contributed by atoms with Gasteiger partial charge in [-0.3, -0.25) is 0 Å². The molecule has 0 saturated carbocycles. The standard InChI is InChI=1S/C13H13NO/c14-13-8-2-6-11-10(5-3-9-15)4-1-7-12(11)13/h1-8,15H,9,14H2. The maximum Gasteiger partial charge on any atom is 0.0615 e. The van der Waals surface area contributed by atoms with Crippen LogP contribution in [0.25, 0.3) is 16.8 Å². The van der Waals surface area contributed by atoms with Crippen molar-refractivity contribution in [3.8, 4) is 0 Å². The SMILES string of the molecule is Nc1cccc2c(C=CCO)cccc12. The second-order valence-electron chi connectivity index (χ2n) is 3.37. The first kappa shape index (κ1) is 9.74. The zero-order chi connectivity index (χ0) is 10.7. The van der Waals surface area contributed by atoms with Crippen LogP contribution in [0.2, 0.25) is 0 Å². The van der Waals surface area contributed by atoms with Crippen molar-refractivity contribution in [2.24, 2.45) is 0 Å². The molecule has 0 fully saturated rings. The van der Waals surface area contributed by atoms with Gasteiger partial charge in [0.1, 0.15) is 0 Å². The van der Waals surface area contributed by atoms with Gasteiger partial charge in [0.05, 0.1) is 6.61 Å². The van der Waals surface area contributed by atoms with E-state index >= 15 is 0 Å². The summed E-state index contributed by atoms with van der Waals surface area (Å²) < 4.78 is 0. The summed E-state index contributed by atoms with van der Waals surface area (Å²) in [5.74, 6) is 0. The van der Waals surface area contributed by atoms with Crippen LogP contribution in [-0.4, -0.2) is 11.7 Å². The summed E-state index contributed by atoms with van der Waals surface area (Å²) in [5, 5.41) is 10.9. The summed E-state index contributed by atoms with van der Waals surface area (Å²) in [5.41, 5.74) is 7.74. The van der Waals surface area contributed by atoms with Gasteiger partial charge >= 0.3 is 0 Å². The summed E-state index contributed by atoms with van der Waals surface area (Å²) in [6, 6.07) is 11.8. The van der Waals surface area contributed by atoms with Crippen LogP contribution in [0.5, 0.6) is 0 Å². The third-order valence-corrected chi connectivity index (χ3v) is 2.39. The van der Waals surface area contributed by atoms with E-state index in [0.717, 1.165) is 22.0 Å². The van der Waals surface area contributed by atoms with Gasteiger partial charge < -0.3 is 10.8 Å². The number of aliphatic hydroxyl groups excluding tert-OH is 1. The summed E-state index contributed by atoms with van der Waals surface area (Å²) >= 11 is 0. The Morgan fingerprint density at radius 1 is 1.07 bits per heavy atom. The Labute approximate surface area is 88.7 Å². The molecule has 0 saturated heterocycles. The molecular weight excluding hydrogens is 186 g/mol. The number of nitrogen functional groups attached to an aromatic ring is 1. The minimum absolute atomic E-state index is 0.0543. The van der Waals surface area contributed by atoms with E-state index in [9.17, 15) is 0 Å². The number of hydrogen-bond acceptors (Lipinski definition) is 2. The van der Waals surface area contributed by atoms with Crippen molar-refractivity contribution >= 4 is 22.5 Å². The lowest BCUT2D eigenvalue weighted by Crippen LogP contribution is -1.87. The molecule has 0 atom stereocenters. The molecule has 0 spiro atoms. The molecule has 2 aromatic carbocycles. The topological polar surface area (TPSA) is 46.2 Å². The number of nitrogens with two attached hydrogens (primary N) is 1. The van der Waals surface area contributed by atoms with Crippen molar-refractivity contribution in [2.75, 3.05) is 12.3 Å². The maximum absolute atomic E-state index is 8.74. The Kier molecular flexibility index (Phi) is 2.70. The fourth-order valence-corrected chi connectivity index (χ4v) is 1.68. The molecule has 0 aliphatic rings. The van der Waals surface area contributed by atoms with E-state index in [1.807, 2.05) is 42.5 Å². The molecule has 2 heteroatoms. The van der Waals surface area contributed by atoms with E-state index in [1.54, 1.807) is 6.08 Å². The molecule has 0 aliphatic carbocycles. The van der Waals surface area contributed by atoms with Gasteiger partial charge in [-0.2, -0.15) is 0 Å². The van der Waals surface area contributed by atoms with Gasteiger partial charge in [0, 0.05) is 11.1 Å². The van der Waals surface area contributed by atoms with E-state index in [0.29, 0.717) is 0 Å². The highest BCUT2D eigenvalue weighted by molar-refractivity contribution is 5.97. The molecule has 0 aromatic heterocycles. The van der Waals surface area contributed by atoms with E-state index in [2.05, 4.69) is 0 Å². The van der Waals surface area contributed by atoms with Gasteiger partial charge in [0.15, 0.2) is 0 Å². The molecule has 0 heterocycles. The predicted octanol–water partition coefficient (Wildman–Crippen LogP) is 2.43. The molecule has 0 unspecified atom stereocenters. The quantitative estimate of drug-likeness (QED) is 0.730. The largest absolute Gasteiger partial charge is 0.398 e. The van der Waals surface area contributed by atoms with Crippen LogP contribution in [0.15, 0.2) is 42.5 Å². The van der Waals surface area contributed by atoms with Crippen LogP contribution < -0.4 is 5.73 Å². The van der Waals surface area contributed by atoms with Gasteiger partial charge in [0.25, 0.3) is 0 Å². The molecule has 0 radical (unpaired) electrons. The zero-order valence-electron chi connectivity index (χ0n) is 8.35. The number of rotatable bonds is 2. The summed E-state index contributed by atoms with van der Waals surface area (Å²) in [6.45, 7) is 0.0543. The highest BCUT2D eigenvalue weighted by Gasteiger charge is 1.99. The van der Waals surface area contributed by atoms with Crippen molar-refractivity contribution in [1.29, 1.82) is 0 Å². The third kappa shape index (κ3) is 1.85. The second-order valence-corrected chi connectivity index (χ2v) is 3.37. The van der Waals surface area contributed by atoms with E-state index in [-0.39, 0.29) is 6.61 Å². The van der Waals surface area contributed by atoms with Crippen molar-refractivity contribution in [3.63, 3.8) is 0 Å². The minimum Gasteiger partial charge on any atom is -0.398 e. The van der Waals surface area contributed by atoms with E-state index in [1.165, 1.54) is 0 Å². The summed E-state index contributed by atoms with van der Waals surface area (Å²) in [6.07, 6.45) is 3.62. The first-order chi connectivity index (χ1) is 7.33. The summed E-state index contributed by atoms with van der Waals surface area (Å²) in [4.78, 5) is 0.